The third-order valence-electron chi connectivity index (χ3n) is 9.70. The maximum atomic E-state index is 12.8. The average Bonchev–Trinajstić information content (AvgIpc) is 3.26. The topological polar surface area (TPSA) is 89.6 Å². The highest BCUT2D eigenvalue weighted by Crippen LogP contribution is 2.38. The Hall–Kier alpha value is -2.60. The van der Waals surface area contributed by atoms with E-state index >= 15 is 0 Å². The molecule has 1 N–H and O–H groups in total. The van der Waals surface area contributed by atoms with Crippen molar-refractivity contribution < 1.29 is 28.0 Å². The Labute approximate surface area is 297 Å². The zero-order chi connectivity index (χ0) is 35.4. The van der Waals surface area contributed by atoms with E-state index in [0.717, 1.165) is 81.0 Å². The molecule has 4 atom stereocenters. The highest BCUT2D eigenvalue weighted by atomic mass is 32.2. The van der Waals surface area contributed by atoms with Gasteiger partial charge in [-0.1, -0.05) is 62.6 Å². The van der Waals surface area contributed by atoms with Crippen LogP contribution in [-0.4, -0.2) is 99.9 Å². The van der Waals surface area contributed by atoms with Gasteiger partial charge in [0.2, 0.25) is 0 Å². The number of nitrogens with zero attached hydrogens (tertiary/aromatic N) is 2. The molecular formula is C39H59N3O6S. The van der Waals surface area contributed by atoms with Gasteiger partial charge in [0.05, 0.1) is 42.6 Å². The fraction of sp³-hybridized carbons (Fsp3) is 0.615. The van der Waals surface area contributed by atoms with E-state index in [2.05, 4.69) is 59.6 Å². The third-order valence-corrected chi connectivity index (χ3v) is 10.8. The van der Waals surface area contributed by atoms with E-state index in [1.54, 1.807) is 28.0 Å². The molecule has 0 saturated carbocycles. The molecule has 0 amide bonds. The first kappa shape index (κ1) is 39.2. The molecule has 49 heavy (non-hydrogen) atoms. The van der Waals surface area contributed by atoms with Crippen LogP contribution in [0.15, 0.2) is 53.4 Å². The lowest BCUT2D eigenvalue weighted by atomic mass is 9.90. The zero-order valence-electron chi connectivity index (χ0n) is 30.7. The fourth-order valence-corrected chi connectivity index (χ4v) is 7.30. The largest absolute Gasteiger partial charge is 0.491 e. The van der Waals surface area contributed by atoms with Gasteiger partial charge in [-0.05, 0) is 75.9 Å². The van der Waals surface area contributed by atoms with Crippen LogP contribution in [0, 0.1) is 12.8 Å². The summed E-state index contributed by atoms with van der Waals surface area (Å²) in [5.74, 6) is 1.25. The summed E-state index contributed by atoms with van der Waals surface area (Å²) in [7, 11) is 2.17. The molecule has 2 aromatic carbocycles. The van der Waals surface area contributed by atoms with Crippen molar-refractivity contribution in [1.82, 2.24) is 9.62 Å². The van der Waals surface area contributed by atoms with Crippen molar-refractivity contribution in [1.29, 1.82) is 0 Å². The minimum atomic E-state index is -1.31. The third kappa shape index (κ3) is 11.2. The van der Waals surface area contributed by atoms with Crippen LogP contribution < -0.4 is 14.4 Å². The SMILES string of the molecule is CCCc1cc(C)ccc1C1COc2ccc(S(=O)NC)cc2N(CCC(CC)C(/C=C/COC(C)(C)C=O)OCCN2CC(OC)C2)C1. The first-order valence-electron chi connectivity index (χ1n) is 17.9. The maximum Gasteiger partial charge on any atom is 0.151 e. The molecule has 0 spiro atoms. The van der Waals surface area contributed by atoms with E-state index in [0.29, 0.717) is 25.9 Å². The molecule has 1 fully saturated rings. The van der Waals surface area contributed by atoms with E-state index in [-0.39, 0.29) is 17.9 Å². The van der Waals surface area contributed by atoms with Gasteiger partial charge >= 0.3 is 0 Å². The number of anilines is 1. The van der Waals surface area contributed by atoms with Gasteiger partial charge in [0, 0.05) is 45.8 Å². The van der Waals surface area contributed by atoms with Crippen molar-refractivity contribution in [2.75, 3.05) is 71.6 Å². The Morgan fingerprint density at radius 1 is 1.12 bits per heavy atom. The number of benzene rings is 2. The number of rotatable bonds is 20. The number of carbonyl (C=O) groups is 1. The molecule has 0 aromatic heterocycles. The fourth-order valence-electron chi connectivity index (χ4n) is 6.66. The molecule has 1 saturated heterocycles. The lowest BCUT2D eigenvalue weighted by Gasteiger charge is -2.38. The standard InChI is InChI=1S/C39H59N3O6S/c1-8-11-31-22-29(3)13-15-35(31)32-24-42(36-23-34(49(44)40-6)14-16-38(36)47-27-32)18-17-30(9-2)37(12-10-20-48-39(4,5)28-43)46-21-19-41-25-33(26-41)45-7/h10,12-16,22-23,28,30,32-33,37,40H,8-9,11,17-21,24-27H2,1-7H3/b12-10+. The van der Waals surface area contributed by atoms with Crippen LogP contribution in [0.3, 0.4) is 0 Å². The minimum Gasteiger partial charge on any atom is -0.491 e. The summed E-state index contributed by atoms with van der Waals surface area (Å²) in [4.78, 5) is 16.9. The monoisotopic (exact) mass is 697 g/mol. The number of fused-ring (bicyclic) bond motifs is 1. The van der Waals surface area contributed by atoms with Crippen molar-refractivity contribution in [2.45, 2.75) is 88.9 Å². The molecule has 4 unspecified atom stereocenters. The molecule has 0 radical (unpaired) electrons. The number of aryl methyl sites for hydroxylation is 2. The van der Waals surface area contributed by atoms with E-state index in [9.17, 15) is 9.00 Å². The molecule has 0 bridgehead atoms. The van der Waals surface area contributed by atoms with E-state index in [1.165, 1.54) is 16.7 Å². The summed E-state index contributed by atoms with van der Waals surface area (Å²) in [6, 6.07) is 12.7. The molecule has 10 heteroatoms. The van der Waals surface area contributed by atoms with E-state index < -0.39 is 16.6 Å². The number of ether oxygens (including phenoxy) is 4. The quantitative estimate of drug-likeness (QED) is 0.136. The van der Waals surface area contributed by atoms with Gasteiger partial charge in [0.15, 0.2) is 6.29 Å². The van der Waals surface area contributed by atoms with Crippen molar-refractivity contribution in [3.63, 3.8) is 0 Å². The van der Waals surface area contributed by atoms with Gasteiger partial charge in [0.1, 0.15) is 22.3 Å². The second-order valence-electron chi connectivity index (χ2n) is 13.9. The van der Waals surface area contributed by atoms with Gasteiger partial charge in [-0.2, -0.15) is 0 Å². The van der Waals surface area contributed by atoms with Crippen molar-refractivity contribution >= 4 is 23.0 Å². The summed E-state index contributed by atoms with van der Waals surface area (Å²) in [5.41, 5.74) is 4.16. The first-order valence-corrected chi connectivity index (χ1v) is 19.1. The van der Waals surface area contributed by atoms with Crippen molar-refractivity contribution in [3.8, 4) is 5.75 Å². The molecular weight excluding hydrogens is 639 g/mol. The van der Waals surface area contributed by atoms with Crippen molar-refractivity contribution in [2.24, 2.45) is 5.92 Å². The zero-order valence-corrected chi connectivity index (χ0v) is 31.6. The molecule has 0 aliphatic carbocycles. The summed E-state index contributed by atoms with van der Waals surface area (Å²) in [5, 5.41) is 0. The summed E-state index contributed by atoms with van der Waals surface area (Å²) >= 11 is 0. The van der Waals surface area contributed by atoms with Gasteiger partial charge in [0.25, 0.3) is 0 Å². The Morgan fingerprint density at radius 3 is 2.61 bits per heavy atom. The average molecular weight is 698 g/mol. The molecule has 4 rings (SSSR count). The maximum absolute atomic E-state index is 12.8. The Kier molecular flexibility index (Phi) is 15.3. The highest BCUT2D eigenvalue weighted by Gasteiger charge is 2.29. The van der Waals surface area contributed by atoms with Crippen LogP contribution in [0.2, 0.25) is 0 Å². The lowest BCUT2D eigenvalue weighted by Crippen LogP contribution is -2.52. The molecule has 2 aliphatic heterocycles. The van der Waals surface area contributed by atoms with Gasteiger partial charge in [-0.25, -0.2) is 8.93 Å². The predicted molar refractivity (Wildman–Crippen MR) is 198 cm³/mol. The highest BCUT2D eigenvalue weighted by molar-refractivity contribution is 7.83. The minimum absolute atomic E-state index is 0.109. The number of carbonyl (C=O) groups excluding carboxylic acids is 1. The molecule has 9 nitrogen and oxygen atoms in total. The van der Waals surface area contributed by atoms with Crippen LogP contribution in [0.4, 0.5) is 5.69 Å². The summed E-state index contributed by atoms with van der Waals surface area (Å²) in [6.07, 6.45) is 9.09. The van der Waals surface area contributed by atoms with Gasteiger partial charge in [-0.15, -0.1) is 0 Å². The van der Waals surface area contributed by atoms with Gasteiger partial charge in [-0.3, -0.25) is 4.90 Å². The number of aldehydes is 1. The van der Waals surface area contributed by atoms with E-state index in [1.807, 2.05) is 24.3 Å². The smallest absolute Gasteiger partial charge is 0.151 e. The van der Waals surface area contributed by atoms with Gasteiger partial charge < -0.3 is 28.6 Å². The molecule has 2 heterocycles. The van der Waals surface area contributed by atoms with Crippen LogP contribution in [0.1, 0.15) is 69.6 Å². The molecule has 2 aliphatic rings. The number of hydrogen-bond acceptors (Lipinski definition) is 8. The van der Waals surface area contributed by atoms with Crippen LogP contribution in [0.5, 0.6) is 5.75 Å². The van der Waals surface area contributed by atoms with Crippen LogP contribution >= 0.6 is 0 Å². The Bertz CT molecular complexity index is 1390. The lowest BCUT2D eigenvalue weighted by molar-refractivity contribution is -0.125. The van der Waals surface area contributed by atoms with Crippen LogP contribution in [0.25, 0.3) is 0 Å². The Balaban J connectivity index is 1.56. The summed E-state index contributed by atoms with van der Waals surface area (Å²) in [6.45, 7) is 16.0. The molecule has 272 valence electrons. The molecule has 2 aromatic rings. The number of hydrogen-bond donors (Lipinski definition) is 1. The normalized spacial score (nSPS) is 19.2. The second-order valence-corrected chi connectivity index (χ2v) is 15.3. The predicted octanol–water partition coefficient (Wildman–Crippen LogP) is 5.85. The number of likely N-dealkylation sites (tertiary alicyclic amines) is 1. The number of methoxy groups -OCH3 is 1. The van der Waals surface area contributed by atoms with Crippen LogP contribution in [-0.2, 0) is 36.4 Å². The van der Waals surface area contributed by atoms with Crippen molar-refractivity contribution in [3.05, 3.63) is 65.2 Å². The second kappa shape index (κ2) is 19.1. The summed E-state index contributed by atoms with van der Waals surface area (Å²) < 4.78 is 40.0. The first-order chi connectivity index (χ1) is 23.6. The Morgan fingerprint density at radius 2 is 1.92 bits per heavy atom. The number of nitrogens with one attached hydrogen (secondary N) is 1. The van der Waals surface area contributed by atoms with E-state index in [4.69, 9.17) is 18.9 Å².